The summed E-state index contributed by atoms with van der Waals surface area (Å²) in [7, 11) is 0. The maximum absolute atomic E-state index is 12.4. The molecule has 6 nitrogen and oxygen atoms in total. The van der Waals surface area contributed by atoms with E-state index in [4.69, 9.17) is 9.26 Å². The fourth-order valence-electron chi connectivity index (χ4n) is 2.85. The molecule has 1 aromatic heterocycles. The Morgan fingerprint density at radius 3 is 2.96 bits per heavy atom. The molecule has 0 bridgehead atoms. The molecule has 0 saturated carbocycles. The molecular formula is C17H21N3O3. The first kappa shape index (κ1) is 15.7. The fourth-order valence-corrected chi connectivity index (χ4v) is 2.85. The van der Waals surface area contributed by atoms with Gasteiger partial charge < -0.3 is 14.2 Å². The molecule has 6 heteroatoms. The second kappa shape index (κ2) is 7.37. The number of amides is 1. The molecule has 0 spiro atoms. The molecule has 3 rings (SSSR count). The van der Waals surface area contributed by atoms with Gasteiger partial charge in [0.05, 0.1) is 25.7 Å². The lowest BCUT2D eigenvalue weighted by Gasteiger charge is -2.22. The van der Waals surface area contributed by atoms with Gasteiger partial charge in [0.1, 0.15) is 0 Å². The SMILES string of the molecule is Cc1nc([C@@H]2CCCN2C(=O)CCOCc2ccccc2)no1. The van der Waals surface area contributed by atoms with Crippen LogP contribution in [0.2, 0.25) is 0 Å². The fraction of sp³-hybridized carbons (Fsp3) is 0.471. The lowest BCUT2D eigenvalue weighted by Crippen LogP contribution is -2.31. The van der Waals surface area contributed by atoms with Crippen molar-refractivity contribution in [1.82, 2.24) is 15.0 Å². The van der Waals surface area contributed by atoms with Crippen LogP contribution in [0.25, 0.3) is 0 Å². The Morgan fingerprint density at radius 2 is 2.22 bits per heavy atom. The predicted octanol–water partition coefficient (Wildman–Crippen LogP) is 2.65. The van der Waals surface area contributed by atoms with Crippen LogP contribution in [-0.2, 0) is 16.1 Å². The van der Waals surface area contributed by atoms with Crippen LogP contribution >= 0.6 is 0 Å². The van der Waals surface area contributed by atoms with Crippen LogP contribution in [0.5, 0.6) is 0 Å². The summed E-state index contributed by atoms with van der Waals surface area (Å²) in [6, 6.07) is 9.89. The average molecular weight is 315 g/mol. The lowest BCUT2D eigenvalue weighted by atomic mass is 10.2. The lowest BCUT2D eigenvalue weighted by molar-refractivity contribution is -0.133. The van der Waals surface area contributed by atoms with E-state index in [2.05, 4.69) is 10.1 Å². The van der Waals surface area contributed by atoms with E-state index in [0.29, 0.717) is 31.3 Å². The maximum atomic E-state index is 12.4. The molecule has 23 heavy (non-hydrogen) atoms. The zero-order chi connectivity index (χ0) is 16.1. The summed E-state index contributed by atoms with van der Waals surface area (Å²) in [5, 5.41) is 3.96. The van der Waals surface area contributed by atoms with Crippen LogP contribution in [0.15, 0.2) is 34.9 Å². The number of hydrogen-bond donors (Lipinski definition) is 0. The molecule has 1 aliphatic rings. The number of ether oxygens (including phenoxy) is 1. The Balaban J connectivity index is 1.47. The number of carbonyl (C=O) groups excluding carboxylic acids is 1. The van der Waals surface area contributed by atoms with Gasteiger partial charge in [-0.15, -0.1) is 0 Å². The van der Waals surface area contributed by atoms with E-state index in [0.717, 1.165) is 24.9 Å². The molecule has 1 fully saturated rings. The van der Waals surface area contributed by atoms with Gasteiger partial charge in [-0.25, -0.2) is 0 Å². The first-order chi connectivity index (χ1) is 11.2. The molecule has 1 aliphatic heterocycles. The van der Waals surface area contributed by atoms with Crippen molar-refractivity contribution in [2.45, 2.75) is 38.8 Å². The molecule has 2 heterocycles. The van der Waals surface area contributed by atoms with Gasteiger partial charge in [0.25, 0.3) is 0 Å². The van der Waals surface area contributed by atoms with Crippen molar-refractivity contribution in [1.29, 1.82) is 0 Å². The Hall–Kier alpha value is -2.21. The summed E-state index contributed by atoms with van der Waals surface area (Å²) in [6.07, 6.45) is 2.23. The number of hydrogen-bond acceptors (Lipinski definition) is 5. The van der Waals surface area contributed by atoms with Crippen molar-refractivity contribution in [2.24, 2.45) is 0 Å². The van der Waals surface area contributed by atoms with Gasteiger partial charge in [-0.05, 0) is 18.4 Å². The van der Waals surface area contributed by atoms with E-state index in [9.17, 15) is 4.79 Å². The Kier molecular flexibility index (Phi) is 5.02. The van der Waals surface area contributed by atoms with Crippen molar-refractivity contribution in [3.05, 3.63) is 47.6 Å². The monoisotopic (exact) mass is 315 g/mol. The van der Waals surface area contributed by atoms with Crippen molar-refractivity contribution >= 4 is 5.91 Å². The standard InChI is InChI=1S/C17H21N3O3/c1-13-18-17(19-23-13)15-8-5-10-20(15)16(21)9-11-22-12-14-6-3-2-4-7-14/h2-4,6-7,15H,5,8-12H2,1H3/t15-/m0/s1. The number of likely N-dealkylation sites (tertiary alicyclic amines) is 1. The maximum Gasteiger partial charge on any atom is 0.225 e. The van der Waals surface area contributed by atoms with E-state index >= 15 is 0 Å². The van der Waals surface area contributed by atoms with Crippen molar-refractivity contribution in [2.75, 3.05) is 13.2 Å². The highest BCUT2D eigenvalue weighted by Crippen LogP contribution is 2.30. The summed E-state index contributed by atoms with van der Waals surface area (Å²) in [6.45, 7) is 3.45. The minimum Gasteiger partial charge on any atom is -0.376 e. The largest absolute Gasteiger partial charge is 0.376 e. The van der Waals surface area contributed by atoms with E-state index in [1.165, 1.54) is 0 Å². The number of carbonyl (C=O) groups is 1. The van der Waals surface area contributed by atoms with E-state index in [1.807, 2.05) is 35.2 Å². The van der Waals surface area contributed by atoms with Crippen molar-refractivity contribution < 1.29 is 14.1 Å². The number of aryl methyl sites for hydroxylation is 1. The highest BCUT2D eigenvalue weighted by atomic mass is 16.5. The Labute approximate surface area is 135 Å². The Morgan fingerprint density at radius 1 is 1.39 bits per heavy atom. The third-order valence-electron chi connectivity index (χ3n) is 3.99. The van der Waals surface area contributed by atoms with Gasteiger partial charge in [-0.1, -0.05) is 35.5 Å². The smallest absolute Gasteiger partial charge is 0.225 e. The molecular weight excluding hydrogens is 294 g/mol. The van der Waals surface area contributed by atoms with E-state index in [1.54, 1.807) is 6.92 Å². The van der Waals surface area contributed by atoms with Crippen LogP contribution in [0.4, 0.5) is 0 Å². The molecule has 0 aliphatic carbocycles. The molecule has 1 amide bonds. The number of rotatable bonds is 6. The van der Waals surface area contributed by atoms with Gasteiger partial charge >= 0.3 is 0 Å². The summed E-state index contributed by atoms with van der Waals surface area (Å²) >= 11 is 0. The third-order valence-corrected chi connectivity index (χ3v) is 3.99. The molecule has 2 aromatic rings. The third kappa shape index (κ3) is 3.96. The molecule has 0 N–H and O–H groups in total. The van der Waals surface area contributed by atoms with Crippen molar-refractivity contribution in [3.63, 3.8) is 0 Å². The highest BCUT2D eigenvalue weighted by Gasteiger charge is 2.32. The molecule has 0 unspecified atom stereocenters. The van der Waals surface area contributed by atoms with Crippen LogP contribution in [0.1, 0.15) is 42.6 Å². The first-order valence-corrected chi connectivity index (χ1v) is 7.95. The van der Waals surface area contributed by atoms with Gasteiger partial charge in [-0.3, -0.25) is 4.79 Å². The summed E-state index contributed by atoms with van der Waals surface area (Å²) in [4.78, 5) is 18.5. The predicted molar refractivity (Wildman–Crippen MR) is 83.4 cm³/mol. The zero-order valence-corrected chi connectivity index (χ0v) is 13.3. The molecule has 0 radical (unpaired) electrons. The second-order valence-corrected chi connectivity index (χ2v) is 5.70. The topological polar surface area (TPSA) is 68.5 Å². The molecule has 122 valence electrons. The van der Waals surface area contributed by atoms with Crippen LogP contribution in [-0.4, -0.2) is 34.1 Å². The highest BCUT2D eigenvalue weighted by molar-refractivity contribution is 5.77. The minimum atomic E-state index is -0.0610. The Bertz CT molecular complexity index is 642. The minimum absolute atomic E-state index is 0.0610. The molecule has 1 aromatic carbocycles. The number of nitrogens with zero attached hydrogens (tertiary/aromatic N) is 3. The number of benzene rings is 1. The summed E-state index contributed by atoms with van der Waals surface area (Å²) < 4.78 is 10.6. The van der Waals surface area contributed by atoms with Gasteiger partial charge in [0.2, 0.25) is 11.8 Å². The average Bonchev–Trinajstić information content (AvgIpc) is 3.21. The van der Waals surface area contributed by atoms with Crippen LogP contribution in [0, 0.1) is 6.92 Å². The van der Waals surface area contributed by atoms with E-state index in [-0.39, 0.29) is 11.9 Å². The summed E-state index contributed by atoms with van der Waals surface area (Å²) in [5.74, 6) is 1.23. The van der Waals surface area contributed by atoms with E-state index < -0.39 is 0 Å². The first-order valence-electron chi connectivity index (χ1n) is 7.95. The second-order valence-electron chi connectivity index (χ2n) is 5.70. The van der Waals surface area contributed by atoms with Crippen LogP contribution in [0.3, 0.4) is 0 Å². The zero-order valence-electron chi connectivity index (χ0n) is 13.3. The quantitative estimate of drug-likeness (QED) is 0.767. The molecule has 1 atom stereocenters. The normalized spacial score (nSPS) is 17.6. The van der Waals surface area contributed by atoms with Gasteiger partial charge in [-0.2, -0.15) is 4.98 Å². The number of aromatic nitrogens is 2. The van der Waals surface area contributed by atoms with Gasteiger partial charge in [0.15, 0.2) is 5.82 Å². The van der Waals surface area contributed by atoms with Crippen molar-refractivity contribution in [3.8, 4) is 0 Å². The van der Waals surface area contributed by atoms with Crippen LogP contribution < -0.4 is 0 Å². The molecule has 1 saturated heterocycles. The summed E-state index contributed by atoms with van der Waals surface area (Å²) in [5.41, 5.74) is 1.11. The van der Waals surface area contributed by atoms with Gasteiger partial charge in [0, 0.05) is 13.5 Å².